The summed E-state index contributed by atoms with van der Waals surface area (Å²) < 4.78 is 0. The average Bonchev–Trinajstić information content (AvgIpc) is 2.81. The standard InChI is InChI=1S/C13H25N3O2/c1-2-14-12(13(17)18)5-7-15-8-9-16-6-3-4-11(16)10-15/h11-12,14H,2-10H2,1H3,(H,17,18). The zero-order valence-corrected chi connectivity index (χ0v) is 11.3. The summed E-state index contributed by atoms with van der Waals surface area (Å²) in [5.74, 6) is -0.726. The van der Waals surface area contributed by atoms with Crippen LogP contribution in [0.4, 0.5) is 0 Å². The van der Waals surface area contributed by atoms with Crippen molar-refractivity contribution in [3.63, 3.8) is 0 Å². The van der Waals surface area contributed by atoms with Crippen molar-refractivity contribution in [3.8, 4) is 0 Å². The number of piperazine rings is 1. The Morgan fingerprint density at radius 1 is 1.44 bits per heavy atom. The summed E-state index contributed by atoms with van der Waals surface area (Å²) in [7, 11) is 0. The van der Waals surface area contributed by atoms with Gasteiger partial charge in [0, 0.05) is 32.2 Å². The van der Waals surface area contributed by atoms with Crippen LogP contribution in [-0.2, 0) is 4.79 Å². The molecule has 0 radical (unpaired) electrons. The van der Waals surface area contributed by atoms with Gasteiger partial charge in [0.05, 0.1) is 0 Å². The third-order valence-corrected chi connectivity index (χ3v) is 4.15. The summed E-state index contributed by atoms with van der Waals surface area (Å²) in [6, 6.07) is 0.331. The number of hydrogen-bond donors (Lipinski definition) is 2. The van der Waals surface area contributed by atoms with Crippen molar-refractivity contribution < 1.29 is 9.90 Å². The van der Waals surface area contributed by atoms with E-state index in [1.165, 1.54) is 19.4 Å². The molecule has 0 aliphatic carbocycles. The summed E-state index contributed by atoms with van der Waals surface area (Å²) in [5.41, 5.74) is 0. The highest BCUT2D eigenvalue weighted by molar-refractivity contribution is 5.73. The van der Waals surface area contributed by atoms with Crippen LogP contribution >= 0.6 is 0 Å². The molecular weight excluding hydrogens is 230 g/mol. The first-order valence-corrected chi connectivity index (χ1v) is 7.13. The van der Waals surface area contributed by atoms with Crippen LogP contribution in [0.2, 0.25) is 0 Å². The predicted octanol–water partition coefficient (Wildman–Crippen LogP) is 0.219. The van der Waals surface area contributed by atoms with Gasteiger partial charge in [-0.25, -0.2) is 0 Å². The molecule has 2 rings (SSSR count). The molecule has 0 amide bonds. The molecule has 2 heterocycles. The molecule has 2 unspecified atom stereocenters. The molecule has 2 fully saturated rings. The number of fused-ring (bicyclic) bond motifs is 1. The van der Waals surface area contributed by atoms with Crippen molar-refractivity contribution in [2.45, 2.75) is 38.3 Å². The van der Waals surface area contributed by atoms with Gasteiger partial charge in [-0.2, -0.15) is 0 Å². The monoisotopic (exact) mass is 255 g/mol. The highest BCUT2D eigenvalue weighted by Crippen LogP contribution is 2.21. The Morgan fingerprint density at radius 2 is 2.28 bits per heavy atom. The topological polar surface area (TPSA) is 55.8 Å². The molecule has 0 aromatic carbocycles. The Kier molecular flexibility index (Phi) is 4.97. The highest BCUT2D eigenvalue weighted by Gasteiger charge is 2.30. The molecular formula is C13H25N3O2. The van der Waals surface area contributed by atoms with Crippen LogP contribution in [0.5, 0.6) is 0 Å². The lowest BCUT2D eigenvalue weighted by Crippen LogP contribution is -2.51. The van der Waals surface area contributed by atoms with E-state index in [1.54, 1.807) is 0 Å². The van der Waals surface area contributed by atoms with E-state index in [0.29, 0.717) is 13.0 Å². The predicted molar refractivity (Wildman–Crippen MR) is 70.8 cm³/mol. The molecule has 0 saturated carbocycles. The largest absolute Gasteiger partial charge is 0.480 e. The number of nitrogens with zero attached hydrogens (tertiary/aromatic N) is 2. The molecule has 0 aromatic heterocycles. The maximum Gasteiger partial charge on any atom is 0.320 e. The van der Waals surface area contributed by atoms with Gasteiger partial charge < -0.3 is 15.3 Å². The molecule has 104 valence electrons. The molecule has 0 bridgehead atoms. The maximum absolute atomic E-state index is 11.1. The fourth-order valence-corrected chi connectivity index (χ4v) is 3.13. The molecule has 2 N–H and O–H groups in total. The molecule has 2 aliphatic heterocycles. The summed E-state index contributed by atoms with van der Waals surface area (Å²) in [6.07, 6.45) is 3.34. The fourth-order valence-electron chi connectivity index (χ4n) is 3.13. The SMILES string of the molecule is CCNC(CCN1CCN2CCCC2C1)C(=O)O. The van der Waals surface area contributed by atoms with Gasteiger partial charge in [-0.1, -0.05) is 6.92 Å². The van der Waals surface area contributed by atoms with Gasteiger partial charge in [-0.15, -0.1) is 0 Å². The first-order chi connectivity index (χ1) is 8.70. The summed E-state index contributed by atoms with van der Waals surface area (Å²) in [5, 5.41) is 12.1. The third-order valence-electron chi connectivity index (χ3n) is 4.15. The minimum atomic E-state index is -0.726. The summed E-state index contributed by atoms with van der Waals surface area (Å²) >= 11 is 0. The van der Waals surface area contributed by atoms with E-state index >= 15 is 0 Å². The number of rotatable bonds is 6. The molecule has 18 heavy (non-hydrogen) atoms. The number of likely N-dealkylation sites (N-methyl/N-ethyl adjacent to an activating group) is 1. The van der Waals surface area contributed by atoms with Gasteiger partial charge in [0.2, 0.25) is 0 Å². The fraction of sp³-hybridized carbons (Fsp3) is 0.923. The molecule has 0 spiro atoms. The Hall–Kier alpha value is -0.650. The lowest BCUT2D eigenvalue weighted by atomic mass is 10.1. The van der Waals surface area contributed by atoms with Gasteiger partial charge in [0.15, 0.2) is 0 Å². The molecule has 2 atom stereocenters. The Morgan fingerprint density at radius 3 is 3.00 bits per heavy atom. The average molecular weight is 255 g/mol. The second-order valence-corrected chi connectivity index (χ2v) is 5.37. The number of nitrogens with one attached hydrogen (secondary N) is 1. The molecule has 5 nitrogen and oxygen atoms in total. The first kappa shape index (κ1) is 13.8. The van der Waals surface area contributed by atoms with E-state index in [-0.39, 0.29) is 0 Å². The van der Waals surface area contributed by atoms with E-state index in [1.807, 2.05) is 6.92 Å². The zero-order valence-electron chi connectivity index (χ0n) is 11.3. The molecule has 5 heteroatoms. The van der Waals surface area contributed by atoms with Crippen molar-refractivity contribution >= 4 is 5.97 Å². The van der Waals surface area contributed by atoms with Gasteiger partial charge in [-0.05, 0) is 32.4 Å². The van der Waals surface area contributed by atoms with Gasteiger partial charge in [-0.3, -0.25) is 9.69 Å². The lowest BCUT2D eigenvalue weighted by molar-refractivity contribution is -0.139. The van der Waals surface area contributed by atoms with Crippen LogP contribution in [-0.4, -0.2) is 72.2 Å². The Bertz CT molecular complexity index is 285. The zero-order chi connectivity index (χ0) is 13.0. The number of carbonyl (C=O) groups is 1. The van der Waals surface area contributed by atoms with Crippen LogP contribution in [0.1, 0.15) is 26.2 Å². The lowest BCUT2D eigenvalue weighted by Gasteiger charge is -2.37. The first-order valence-electron chi connectivity index (χ1n) is 7.13. The third kappa shape index (κ3) is 3.43. The van der Waals surface area contributed by atoms with E-state index in [0.717, 1.165) is 32.2 Å². The van der Waals surface area contributed by atoms with E-state index in [9.17, 15) is 4.79 Å². The molecule has 0 aromatic rings. The van der Waals surface area contributed by atoms with Crippen LogP contribution in [0.25, 0.3) is 0 Å². The minimum Gasteiger partial charge on any atom is -0.480 e. The second-order valence-electron chi connectivity index (χ2n) is 5.37. The number of carboxylic acids is 1. The van der Waals surface area contributed by atoms with Gasteiger partial charge in [0.1, 0.15) is 6.04 Å². The van der Waals surface area contributed by atoms with E-state index in [2.05, 4.69) is 15.1 Å². The number of carboxylic acid groups (broad SMARTS) is 1. The minimum absolute atomic E-state index is 0.392. The Balaban J connectivity index is 1.74. The van der Waals surface area contributed by atoms with E-state index < -0.39 is 12.0 Å². The van der Waals surface area contributed by atoms with Crippen molar-refractivity contribution in [1.29, 1.82) is 0 Å². The van der Waals surface area contributed by atoms with Crippen molar-refractivity contribution in [2.75, 3.05) is 39.3 Å². The van der Waals surface area contributed by atoms with Gasteiger partial charge in [0.25, 0.3) is 0 Å². The normalized spacial score (nSPS) is 27.1. The number of hydrogen-bond acceptors (Lipinski definition) is 4. The Labute approximate surface area is 109 Å². The highest BCUT2D eigenvalue weighted by atomic mass is 16.4. The molecule has 2 saturated heterocycles. The van der Waals surface area contributed by atoms with Crippen molar-refractivity contribution in [3.05, 3.63) is 0 Å². The number of aliphatic carboxylic acids is 1. The maximum atomic E-state index is 11.1. The van der Waals surface area contributed by atoms with Crippen LogP contribution in [0.15, 0.2) is 0 Å². The smallest absolute Gasteiger partial charge is 0.320 e. The summed E-state index contributed by atoms with van der Waals surface area (Å²) in [4.78, 5) is 16.1. The van der Waals surface area contributed by atoms with Crippen molar-refractivity contribution in [2.24, 2.45) is 0 Å². The van der Waals surface area contributed by atoms with E-state index in [4.69, 9.17) is 5.11 Å². The molecule has 2 aliphatic rings. The van der Waals surface area contributed by atoms with Gasteiger partial charge >= 0.3 is 5.97 Å². The quantitative estimate of drug-likeness (QED) is 0.711. The second kappa shape index (κ2) is 6.50. The van der Waals surface area contributed by atoms with Crippen LogP contribution in [0, 0.1) is 0 Å². The van der Waals surface area contributed by atoms with Crippen LogP contribution in [0.3, 0.4) is 0 Å². The van der Waals surface area contributed by atoms with Crippen LogP contribution < -0.4 is 5.32 Å². The van der Waals surface area contributed by atoms with Crippen molar-refractivity contribution in [1.82, 2.24) is 15.1 Å². The summed E-state index contributed by atoms with van der Waals surface area (Å²) in [6.45, 7) is 8.19.